The number of hydrogen-bond acceptors (Lipinski definition) is 5. The monoisotopic (exact) mass is 416 g/mol. The molecule has 0 saturated carbocycles. The van der Waals surface area contributed by atoms with Crippen molar-refractivity contribution < 1.29 is 14.3 Å². The van der Waals surface area contributed by atoms with Gasteiger partial charge in [-0.25, -0.2) is 0 Å². The van der Waals surface area contributed by atoms with Crippen LogP contribution in [-0.2, 0) is 16.1 Å². The Labute approximate surface area is 180 Å². The number of nitrogens with zero attached hydrogens (tertiary/aromatic N) is 4. The molecule has 30 heavy (non-hydrogen) atoms. The van der Waals surface area contributed by atoms with Gasteiger partial charge in [-0.05, 0) is 38.0 Å². The maximum Gasteiger partial charge on any atom is 0.253 e. The second-order valence-electron chi connectivity index (χ2n) is 8.08. The second kappa shape index (κ2) is 11.4. The van der Waals surface area contributed by atoms with Crippen molar-refractivity contribution in [3.8, 4) is 0 Å². The number of carbonyl (C=O) groups excluding carboxylic acids is 2. The molecule has 166 valence electrons. The smallest absolute Gasteiger partial charge is 0.253 e. The summed E-state index contributed by atoms with van der Waals surface area (Å²) >= 11 is 0. The van der Waals surface area contributed by atoms with Gasteiger partial charge in [0.1, 0.15) is 0 Å². The highest BCUT2D eigenvalue weighted by Gasteiger charge is 2.23. The van der Waals surface area contributed by atoms with E-state index >= 15 is 0 Å². The van der Waals surface area contributed by atoms with Gasteiger partial charge >= 0.3 is 0 Å². The Kier molecular flexibility index (Phi) is 8.66. The van der Waals surface area contributed by atoms with Crippen molar-refractivity contribution in [3.63, 3.8) is 0 Å². The van der Waals surface area contributed by atoms with Crippen molar-refractivity contribution in [1.82, 2.24) is 19.6 Å². The Balaban J connectivity index is 1.55. The van der Waals surface area contributed by atoms with Gasteiger partial charge in [0.05, 0.1) is 19.8 Å². The van der Waals surface area contributed by atoms with E-state index in [9.17, 15) is 9.59 Å². The number of likely N-dealkylation sites (N-methyl/N-ethyl adjacent to an activating group) is 1. The number of ether oxygens (including phenoxy) is 1. The summed E-state index contributed by atoms with van der Waals surface area (Å²) in [4.78, 5) is 33.9. The predicted molar refractivity (Wildman–Crippen MR) is 117 cm³/mol. The highest BCUT2D eigenvalue weighted by Crippen LogP contribution is 2.14. The van der Waals surface area contributed by atoms with E-state index in [0.29, 0.717) is 13.1 Å². The standard InChI is InChI=1S/C23H36N4O3/c1-3-26(4-2)22(28)19-24-9-6-10-27(12-11-24)23(29)21-8-5-7-20(17-21)18-25-13-15-30-16-14-25/h5,7-8,17H,3-4,6,9-16,18-19H2,1-2H3. The normalized spacial score (nSPS) is 18.8. The number of benzene rings is 1. The van der Waals surface area contributed by atoms with Crippen LogP contribution in [0.4, 0.5) is 0 Å². The van der Waals surface area contributed by atoms with Gasteiger partial charge in [0, 0.05) is 64.5 Å². The Morgan fingerprint density at radius 1 is 0.967 bits per heavy atom. The summed E-state index contributed by atoms with van der Waals surface area (Å²) < 4.78 is 5.42. The molecule has 0 spiro atoms. The number of hydrogen-bond donors (Lipinski definition) is 0. The topological polar surface area (TPSA) is 56.3 Å². The first-order valence-electron chi connectivity index (χ1n) is 11.3. The average molecular weight is 417 g/mol. The molecule has 2 saturated heterocycles. The lowest BCUT2D eigenvalue weighted by Crippen LogP contribution is -2.42. The highest BCUT2D eigenvalue weighted by atomic mass is 16.5. The zero-order valence-electron chi connectivity index (χ0n) is 18.5. The van der Waals surface area contributed by atoms with Crippen LogP contribution in [0.3, 0.4) is 0 Å². The van der Waals surface area contributed by atoms with Crippen LogP contribution in [0.2, 0.25) is 0 Å². The van der Waals surface area contributed by atoms with Gasteiger partial charge in [-0.15, -0.1) is 0 Å². The third kappa shape index (κ3) is 6.27. The van der Waals surface area contributed by atoms with Crippen LogP contribution in [0.15, 0.2) is 24.3 Å². The number of amides is 2. The molecule has 7 nitrogen and oxygen atoms in total. The van der Waals surface area contributed by atoms with E-state index in [1.165, 1.54) is 5.56 Å². The summed E-state index contributed by atoms with van der Waals surface area (Å²) in [5.74, 6) is 0.270. The van der Waals surface area contributed by atoms with Gasteiger partial charge in [0.15, 0.2) is 0 Å². The van der Waals surface area contributed by atoms with Crippen molar-refractivity contribution in [2.24, 2.45) is 0 Å². The van der Waals surface area contributed by atoms with Crippen molar-refractivity contribution in [2.75, 3.05) is 72.1 Å². The number of rotatable bonds is 7. The largest absolute Gasteiger partial charge is 0.379 e. The van der Waals surface area contributed by atoms with Crippen LogP contribution in [0.25, 0.3) is 0 Å². The maximum atomic E-state index is 13.1. The Hall–Kier alpha value is -1.96. The Bertz CT molecular complexity index is 701. The Morgan fingerprint density at radius 3 is 2.47 bits per heavy atom. The molecule has 2 heterocycles. The van der Waals surface area contributed by atoms with Gasteiger partial charge in [-0.2, -0.15) is 0 Å². The lowest BCUT2D eigenvalue weighted by Gasteiger charge is -2.27. The molecule has 2 fully saturated rings. The molecule has 0 atom stereocenters. The molecule has 1 aromatic carbocycles. The van der Waals surface area contributed by atoms with Crippen molar-refractivity contribution in [1.29, 1.82) is 0 Å². The van der Waals surface area contributed by atoms with Gasteiger partial charge in [0.25, 0.3) is 5.91 Å². The molecule has 2 aliphatic rings. The van der Waals surface area contributed by atoms with E-state index in [-0.39, 0.29) is 11.8 Å². The summed E-state index contributed by atoms with van der Waals surface area (Å²) in [5, 5.41) is 0. The quantitative estimate of drug-likeness (QED) is 0.675. The summed E-state index contributed by atoms with van der Waals surface area (Å²) in [6, 6.07) is 8.02. The van der Waals surface area contributed by atoms with Crippen molar-refractivity contribution >= 4 is 11.8 Å². The van der Waals surface area contributed by atoms with E-state index in [1.54, 1.807) is 0 Å². The van der Waals surface area contributed by atoms with E-state index in [4.69, 9.17) is 4.74 Å². The molecule has 0 radical (unpaired) electrons. The third-order valence-electron chi connectivity index (χ3n) is 6.03. The first-order valence-corrected chi connectivity index (χ1v) is 11.3. The zero-order valence-corrected chi connectivity index (χ0v) is 18.5. The molecule has 1 aromatic rings. The minimum Gasteiger partial charge on any atom is -0.379 e. The van der Waals surface area contributed by atoms with Crippen LogP contribution in [0.1, 0.15) is 36.2 Å². The fourth-order valence-electron chi connectivity index (χ4n) is 4.20. The molecule has 0 aliphatic carbocycles. The van der Waals surface area contributed by atoms with E-state index in [2.05, 4.69) is 15.9 Å². The van der Waals surface area contributed by atoms with E-state index < -0.39 is 0 Å². The summed E-state index contributed by atoms with van der Waals surface area (Å²) in [5.41, 5.74) is 1.93. The summed E-state index contributed by atoms with van der Waals surface area (Å²) in [7, 11) is 0. The van der Waals surface area contributed by atoms with Crippen molar-refractivity contribution in [2.45, 2.75) is 26.8 Å². The lowest BCUT2D eigenvalue weighted by atomic mass is 10.1. The molecule has 3 rings (SSSR count). The molecule has 7 heteroatoms. The maximum absolute atomic E-state index is 13.1. The van der Waals surface area contributed by atoms with Gasteiger partial charge in [-0.3, -0.25) is 19.4 Å². The molecule has 0 aromatic heterocycles. The molecule has 0 bridgehead atoms. The molecular formula is C23H36N4O3. The first-order chi connectivity index (χ1) is 14.6. The fraction of sp³-hybridized carbons (Fsp3) is 0.652. The summed E-state index contributed by atoms with van der Waals surface area (Å²) in [6.07, 6.45) is 0.894. The molecule has 2 amide bonds. The molecule has 2 aliphatic heterocycles. The van der Waals surface area contributed by atoms with E-state index in [0.717, 1.165) is 77.6 Å². The lowest BCUT2D eigenvalue weighted by molar-refractivity contribution is -0.132. The fourth-order valence-corrected chi connectivity index (χ4v) is 4.20. The third-order valence-corrected chi connectivity index (χ3v) is 6.03. The van der Waals surface area contributed by atoms with Gasteiger partial charge in [0.2, 0.25) is 5.91 Å². The molecular weight excluding hydrogens is 380 g/mol. The van der Waals surface area contributed by atoms with Crippen LogP contribution < -0.4 is 0 Å². The Morgan fingerprint density at radius 2 is 1.73 bits per heavy atom. The zero-order chi connectivity index (χ0) is 21.3. The number of carbonyl (C=O) groups is 2. The predicted octanol–water partition coefficient (Wildman–Crippen LogP) is 1.54. The number of morpholine rings is 1. The minimum atomic E-state index is 0.0933. The minimum absolute atomic E-state index is 0.0933. The van der Waals surface area contributed by atoms with Crippen LogP contribution in [0.5, 0.6) is 0 Å². The summed E-state index contributed by atoms with van der Waals surface area (Å²) in [6.45, 7) is 13.2. The molecule has 0 unspecified atom stereocenters. The van der Waals surface area contributed by atoms with E-state index in [1.807, 2.05) is 41.8 Å². The van der Waals surface area contributed by atoms with Crippen LogP contribution in [0, 0.1) is 0 Å². The molecule has 0 N–H and O–H groups in total. The first kappa shape index (κ1) is 22.7. The van der Waals surface area contributed by atoms with Crippen LogP contribution in [-0.4, -0.2) is 104 Å². The van der Waals surface area contributed by atoms with Gasteiger partial charge in [-0.1, -0.05) is 12.1 Å². The van der Waals surface area contributed by atoms with Crippen LogP contribution >= 0.6 is 0 Å². The average Bonchev–Trinajstić information content (AvgIpc) is 3.00. The second-order valence-corrected chi connectivity index (χ2v) is 8.08. The van der Waals surface area contributed by atoms with Gasteiger partial charge < -0.3 is 14.5 Å². The van der Waals surface area contributed by atoms with Crippen molar-refractivity contribution in [3.05, 3.63) is 35.4 Å². The highest BCUT2D eigenvalue weighted by molar-refractivity contribution is 5.94. The SMILES string of the molecule is CCN(CC)C(=O)CN1CCCN(C(=O)c2cccc(CN3CCOCC3)c2)CC1.